The van der Waals surface area contributed by atoms with Crippen molar-refractivity contribution in [2.75, 3.05) is 18.0 Å². The molecule has 0 aliphatic rings. The zero-order chi connectivity index (χ0) is 21.3. The molecule has 1 N–H and O–H groups in total. The average molecular weight is 399 g/mol. The predicted molar refractivity (Wildman–Crippen MR) is 123 cm³/mol. The third-order valence-corrected chi connectivity index (χ3v) is 4.80. The van der Waals surface area contributed by atoms with Crippen molar-refractivity contribution in [1.82, 2.24) is 0 Å². The number of phenolic OH excluding ortho intramolecular Hbond substituents is 1. The molecule has 0 heterocycles. The van der Waals surface area contributed by atoms with E-state index < -0.39 is 0 Å². The summed E-state index contributed by atoms with van der Waals surface area (Å²) in [4.78, 5) is 15.1. The lowest BCUT2D eigenvalue weighted by Crippen LogP contribution is -2.21. The first-order valence-corrected chi connectivity index (χ1v) is 9.98. The van der Waals surface area contributed by atoms with E-state index >= 15 is 0 Å². The van der Waals surface area contributed by atoms with E-state index in [9.17, 15) is 9.90 Å². The first-order chi connectivity index (χ1) is 14.6. The third-order valence-electron chi connectivity index (χ3n) is 4.80. The number of Topliss-reactive ketones (excluding diaryl/α,β-unsaturated/α-hetero) is 1. The van der Waals surface area contributed by atoms with Crippen molar-refractivity contribution < 1.29 is 9.90 Å². The Morgan fingerprint density at radius 1 is 0.900 bits per heavy atom. The number of hydrogen-bond acceptors (Lipinski definition) is 5. The summed E-state index contributed by atoms with van der Waals surface area (Å²) in [5, 5.41) is 18.7. The largest absolute Gasteiger partial charge is 0.507 e. The van der Waals surface area contributed by atoms with Crippen molar-refractivity contribution in [2.45, 2.75) is 13.8 Å². The van der Waals surface area contributed by atoms with E-state index in [1.165, 1.54) is 6.21 Å². The van der Waals surface area contributed by atoms with E-state index in [1.54, 1.807) is 24.3 Å². The van der Waals surface area contributed by atoms with Crippen LogP contribution in [0.15, 0.2) is 89.1 Å². The maximum atomic E-state index is 13.0. The topological polar surface area (TPSA) is 65.3 Å². The van der Waals surface area contributed by atoms with Gasteiger partial charge in [-0.1, -0.05) is 60.7 Å². The molecule has 0 aliphatic carbocycles. The van der Waals surface area contributed by atoms with E-state index in [1.807, 2.05) is 54.6 Å². The van der Waals surface area contributed by atoms with Crippen LogP contribution in [0.5, 0.6) is 5.75 Å². The minimum Gasteiger partial charge on any atom is -0.507 e. The van der Waals surface area contributed by atoms with Crippen LogP contribution in [0, 0.1) is 0 Å². The minimum atomic E-state index is -0.208. The summed E-state index contributed by atoms with van der Waals surface area (Å²) in [7, 11) is 0. The van der Waals surface area contributed by atoms with Gasteiger partial charge in [-0.25, -0.2) is 0 Å². The molecule has 0 saturated carbocycles. The second-order valence-electron chi connectivity index (χ2n) is 6.67. The molecule has 0 unspecified atom stereocenters. The number of ketones is 1. The lowest BCUT2D eigenvalue weighted by Gasteiger charge is -2.21. The van der Waals surface area contributed by atoms with E-state index in [2.05, 4.69) is 29.0 Å². The van der Waals surface area contributed by atoms with Crippen LogP contribution in [0.1, 0.15) is 35.3 Å². The summed E-state index contributed by atoms with van der Waals surface area (Å²) in [5.74, 6) is -0.0888. The Bertz CT molecular complexity index is 1040. The second-order valence-corrected chi connectivity index (χ2v) is 6.67. The number of benzene rings is 3. The van der Waals surface area contributed by atoms with Crippen LogP contribution in [0.2, 0.25) is 0 Å². The molecular formula is C25H25N3O2. The lowest BCUT2D eigenvalue weighted by molar-refractivity contribution is 0.106. The van der Waals surface area contributed by atoms with Crippen LogP contribution in [-0.2, 0) is 0 Å². The van der Waals surface area contributed by atoms with Crippen LogP contribution < -0.4 is 4.90 Å². The Morgan fingerprint density at radius 2 is 1.50 bits per heavy atom. The van der Waals surface area contributed by atoms with E-state index in [-0.39, 0.29) is 17.2 Å². The van der Waals surface area contributed by atoms with E-state index in [4.69, 9.17) is 0 Å². The molecule has 3 rings (SSSR count). The highest BCUT2D eigenvalue weighted by Crippen LogP contribution is 2.23. The maximum Gasteiger partial charge on any atom is 0.213 e. The van der Waals surface area contributed by atoms with E-state index in [0.29, 0.717) is 16.7 Å². The molecule has 3 aromatic carbocycles. The molecule has 0 aliphatic heterocycles. The number of anilines is 1. The maximum absolute atomic E-state index is 13.0. The number of aromatic hydroxyl groups is 1. The number of carbonyl (C=O) groups is 1. The smallest absolute Gasteiger partial charge is 0.213 e. The van der Waals surface area contributed by atoms with Gasteiger partial charge in [0.1, 0.15) is 11.5 Å². The molecule has 0 atom stereocenters. The quantitative estimate of drug-likeness (QED) is 0.331. The van der Waals surface area contributed by atoms with E-state index in [0.717, 1.165) is 18.8 Å². The molecule has 0 fully saturated rings. The number of phenols is 1. The van der Waals surface area contributed by atoms with Crippen molar-refractivity contribution in [1.29, 1.82) is 0 Å². The SMILES string of the molecule is CCN(CC)c1ccc(/C=N/N=C(\C(=O)c2ccccc2)c2ccccc2)c(O)c1. The van der Waals surface area contributed by atoms with Crippen LogP contribution >= 0.6 is 0 Å². The second kappa shape index (κ2) is 10.2. The Labute approximate surface area is 177 Å². The van der Waals surface area contributed by atoms with Crippen LogP contribution in [0.25, 0.3) is 0 Å². The number of nitrogens with zero attached hydrogens (tertiary/aromatic N) is 3. The van der Waals surface area contributed by atoms with Gasteiger partial charge in [-0.3, -0.25) is 4.79 Å². The molecule has 3 aromatic rings. The molecule has 0 spiro atoms. The van der Waals surface area contributed by atoms with Crippen molar-refractivity contribution in [3.05, 3.63) is 95.6 Å². The fourth-order valence-corrected chi connectivity index (χ4v) is 3.13. The zero-order valence-corrected chi connectivity index (χ0v) is 17.2. The molecule has 152 valence electrons. The standard InChI is InChI=1S/C25H25N3O2/c1-3-28(4-2)22-16-15-21(23(29)17-22)18-26-27-24(19-11-7-5-8-12-19)25(30)20-13-9-6-10-14-20/h5-18,29H,3-4H2,1-2H3/b26-18+,27-24-. The fraction of sp³-hybridized carbons (Fsp3) is 0.160. The Hall–Kier alpha value is -3.73. The zero-order valence-electron chi connectivity index (χ0n) is 17.2. The van der Waals surface area contributed by atoms with Gasteiger partial charge >= 0.3 is 0 Å². The van der Waals surface area contributed by atoms with Gasteiger partial charge in [-0.15, -0.1) is 5.10 Å². The summed E-state index contributed by atoms with van der Waals surface area (Å²) < 4.78 is 0. The summed E-state index contributed by atoms with van der Waals surface area (Å²) >= 11 is 0. The Kier molecular flexibility index (Phi) is 7.11. The van der Waals surface area contributed by atoms with Gasteiger partial charge in [0.25, 0.3) is 0 Å². The lowest BCUT2D eigenvalue weighted by atomic mass is 10.0. The van der Waals surface area contributed by atoms with Gasteiger partial charge in [0.2, 0.25) is 5.78 Å². The fourth-order valence-electron chi connectivity index (χ4n) is 3.13. The molecule has 0 amide bonds. The number of hydrogen-bond donors (Lipinski definition) is 1. The molecule has 0 aromatic heterocycles. The first kappa shape index (κ1) is 21.0. The minimum absolute atomic E-state index is 0.119. The summed E-state index contributed by atoms with van der Waals surface area (Å²) in [6.45, 7) is 5.85. The predicted octanol–water partition coefficient (Wildman–Crippen LogP) is 4.94. The molecule has 5 heteroatoms. The molecular weight excluding hydrogens is 374 g/mol. The van der Waals surface area contributed by atoms with Gasteiger partial charge < -0.3 is 10.0 Å². The van der Waals surface area contributed by atoms with Crippen molar-refractivity contribution >= 4 is 23.4 Å². The van der Waals surface area contributed by atoms with Crippen LogP contribution in [-0.4, -0.2) is 35.9 Å². The highest BCUT2D eigenvalue weighted by molar-refractivity contribution is 6.51. The monoisotopic (exact) mass is 399 g/mol. The normalized spacial score (nSPS) is 11.6. The van der Waals surface area contributed by atoms with Crippen LogP contribution in [0.4, 0.5) is 5.69 Å². The van der Waals surface area contributed by atoms with Crippen molar-refractivity contribution in [3.63, 3.8) is 0 Å². The van der Waals surface area contributed by atoms with Gasteiger partial charge in [0.05, 0.1) is 6.21 Å². The van der Waals surface area contributed by atoms with Crippen LogP contribution in [0.3, 0.4) is 0 Å². The van der Waals surface area contributed by atoms with Gasteiger partial charge in [0, 0.05) is 41.5 Å². The third kappa shape index (κ3) is 5.00. The first-order valence-electron chi connectivity index (χ1n) is 9.98. The average Bonchev–Trinajstić information content (AvgIpc) is 2.79. The molecule has 5 nitrogen and oxygen atoms in total. The van der Waals surface area contributed by atoms with Crippen molar-refractivity contribution in [3.8, 4) is 5.75 Å². The number of carbonyl (C=O) groups excluding carboxylic acids is 1. The highest BCUT2D eigenvalue weighted by atomic mass is 16.3. The Balaban J connectivity index is 1.91. The van der Waals surface area contributed by atoms with Gasteiger partial charge in [0.15, 0.2) is 0 Å². The summed E-state index contributed by atoms with van der Waals surface area (Å²) in [6.07, 6.45) is 1.46. The van der Waals surface area contributed by atoms with Crippen molar-refractivity contribution in [2.24, 2.45) is 10.2 Å². The summed E-state index contributed by atoms with van der Waals surface area (Å²) in [5.41, 5.74) is 2.96. The van der Waals surface area contributed by atoms with Gasteiger partial charge in [-0.05, 0) is 26.0 Å². The molecule has 30 heavy (non-hydrogen) atoms. The summed E-state index contributed by atoms with van der Waals surface area (Å²) in [6, 6.07) is 23.7. The highest BCUT2D eigenvalue weighted by Gasteiger charge is 2.16. The Morgan fingerprint density at radius 3 is 2.07 bits per heavy atom. The molecule has 0 radical (unpaired) electrons. The molecule has 0 bridgehead atoms. The van der Waals surface area contributed by atoms with Gasteiger partial charge in [-0.2, -0.15) is 5.10 Å². The number of rotatable bonds is 8. The molecule has 0 saturated heterocycles.